The van der Waals surface area contributed by atoms with Crippen LogP contribution in [-0.4, -0.2) is 22.5 Å². The Hall–Kier alpha value is -4.19. The smallest absolute Gasteiger partial charge is 0.356 e. The van der Waals surface area contributed by atoms with E-state index in [9.17, 15) is 14.4 Å². The predicted molar refractivity (Wildman–Crippen MR) is 134 cm³/mol. The average Bonchev–Trinajstić information content (AvgIpc) is 2.86. The Morgan fingerprint density at radius 1 is 0.912 bits per heavy atom. The molecule has 4 aromatic rings. The van der Waals surface area contributed by atoms with Gasteiger partial charge >= 0.3 is 5.97 Å². The van der Waals surface area contributed by atoms with Gasteiger partial charge in [0.2, 0.25) is 0 Å². The number of benzene rings is 3. The summed E-state index contributed by atoms with van der Waals surface area (Å²) in [6.45, 7) is 3.66. The zero-order chi connectivity index (χ0) is 24.2. The lowest BCUT2D eigenvalue weighted by Crippen LogP contribution is -2.34. The van der Waals surface area contributed by atoms with E-state index in [1.165, 1.54) is 4.57 Å². The molecule has 1 N–H and O–H groups in total. The number of hydrogen-bond acceptors (Lipinski definition) is 4. The minimum absolute atomic E-state index is 0.108. The first kappa shape index (κ1) is 23.0. The highest BCUT2D eigenvalue weighted by atomic mass is 16.5. The fourth-order valence-electron chi connectivity index (χ4n) is 4.03. The van der Waals surface area contributed by atoms with Gasteiger partial charge in [0.05, 0.1) is 0 Å². The number of amides is 1. The van der Waals surface area contributed by atoms with Crippen LogP contribution in [0.25, 0.3) is 21.9 Å². The standard InChI is InChI=1S/C28H26N2O4/c1-4-23(26(31)29-22-17-11-8-12-18(22)2)34-28(33)25-24(19-13-6-5-7-14-19)20-15-9-10-16-21(20)27(32)30(25)3/h5-17,23H,4H2,1-3H3,(H,29,31). The molecule has 0 aliphatic rings. The van der Waals surface area contributed by atoms with Crippen molar-refractivity contribution >= 4 is 28.3 Å². The zero-order valence-corrected chi connectivity index (χ0v) is 19.4. The number of ether oxygens (including phenoxy) is 1. The molecule has 0 aliphatic heterocycles. The molecule has 1 aromatic heterocycles. The minimum Gasteiger partial charge on any atom is -0.448 e. The van der Waals surface area contributed by atoms with Crippen molar-refractivity contribution in [2.24, 2.45) is 7.05 Å². The number of carbonyl (C=O) groups is 2. The second-order valence-electron chi connectivity index (χ2n) is 8.11. The van der Waals surface area contributed by atoms with Crippen LogP contribution in [0.3, 0.4) is 0 Å². The zero-order valence-electron chi connectivity index (χ0n) is 19.4. The van der Waals surface area contributed by atoms with E-state index >= 15 is 0 Å². The highest BCUT2D eigenvalue weighted by Crippen LogP contribution is 2.31. The number of hydrogen-bond donors (Lipinski definition) is 1. The number of nitrogens with one attached hydrogen (secondary N) is 1. The van der Waals surface area contributed by atoms with E-state index in [4.69, 9.17) is 4.74 Å². The number of carbonyl (C=O) groups excluding carboxylic acids is 2. The Morgan fingerprint density at radius 2 is 1.53 bits per heavy atom. The Labute approximate surface area is 197 Å². The predicted octanol–water partition coefficient (Wildman–Crippen LogP) is 5.09. The molecule has 0 radical (unpaired) electrons. The summed E-state index contributed by atoms with van der Waals surface area (Å²) in [4.78, 5) is 39.5. The van der Waals surface area contributed by atoms with Crippen molar-refractivity contribution in [3.63, 3.8) is 0 Å². The summed E-state index contributed by atoms with van der Waals surface area (Å²) < 4.78 is 7.00. The van der Waals surface area contributed by atoms with Gasteiger partial charge in [0.25, 0.3) is 11.5 Å². The van der Waals surface area contributed by atoms with Gasteiger partial charge in [-0.1, -0.05) is 73.7 Å². The number of rotatable bonds is 6. The van der Waals surface area contributed by atoms with Gasteiger partial charge in [-0.25, -0.2) is 4.79 Å². The van der Waals surface area contributed by atoms with E-state index in [1.807, 2.05) is 67.6 Å². The van der Waals surface area contributed by atoms with Gasteiger partial charge in [-0.15, -0.1) is 0 Å². The van der Waals surface area contributed by atoms with Gasteiger partial charge in [0, 0.05) is 23.7 Å². The van der Waals surface area contributed by atoms with Crippen molar-refractivity contribution in [3.8, 4) is 11.1 Å². The normalized spacial score (nSPS) is 11.7. The molecule has 34 heavy (non-hydrogen) atoms. The second kappa shape index (κ2) is 9.75. The molecule has 172 valence electrons. The molecule has 6 heteroatoms. The topological polar surface area (TPSA) is 77.4 Å². The van der Waals surface area contributed by atoms with Gasteiger partial charge in [-0.05, 0) is 42.0 Å². The number of esters is 1. The van der Waals surface area contributed by atoms with Crippen LogP contribution in [0.15, 0.2) is 83.7 Å². The van der Waals surface area contributed by atoms with Gasteiger partial charge in [-0.2, -0.15) is 0 Å². The van der Waals surface area contributed by atoms with Gasteiger partial charge in [-0.3, -0.25) is 9.59 Å². The van der Waals surface area contributed by atoms with Crippen molar-refractivity contribution in [3.05, 3.63) is 100 Å². The molecular formula is C28H26N2O4. The molecule has 1 heterocycles. The Kier molecular flexibility index (Phi) is 6.59. The molecule has 6 nitrogen and oxygen atoms in total. The van der Waals surface area contributed by atoms with Gasteiger partial charge in [0.1, 0.15) is 5.69 Å². The number of anilines is 1. The summed E-state index contributed by atoms with van der Waals surface area (Å²) in [7, 11) is 1.55. The van der Waals surface area contributed by atoms with E-state index in [2.05, 4.69) is 5.32 Å². The molecule has 3 aromatic carbocycles. The number of aryl methyl sites for hydroxylation is 1. The van der Waals surface area contributed by atoms with E-state index in [0.29, 0.717) is 22.0 Å². The first-order chi connectivity index (χ1) is 16.4. The number of pyridine rings is 1. The summed E-state index contributed by atoms with van der Waals surface area (Å²) in [5.41, 5.74) is 2.73. The second-order valence-corrected chi connectivity index (χ2v) is 8.11. The first-order valence-corrected chi connectivity index (χ1v) is 11.2. The van der Waals surface area contributed by atoms with Crippen molar-refractivity contribution in [2.45, 2.75) is 26.4 Å². The monoisotopic (exact) mass is 454 g/mol. The fraction of sp³-hybridized carbons (Fsp3) is 0.179. The van der Waals surface area contributed by atoms with Crippen LogP contribution in [-0.2, 0) is 16.6 Å². The third-order valence-corrected chi connectivity index (χ3v) is 5.87. The Morgan fingerprint density at radius 3 is 2.21 bits per heavy atom. The number of fused-ring (bicyclic) bond motifs is 1. The fourth-order valence-corrected chi connectivity index (χ4v) is 4.03. The van der Waals surface area contributed by atoms with E-state index in [-0.39, 0.29) is 17.7 Å². The number of nitrogens with zero attached hydrogens (tertiary/aromatic N) is 1. The van der Waals surface area contributed by atoms with Crippen molar-refractivity contribution in [1.29, 1.82) is 0 Å². The molecule has 0 saturated heterocycles. The highest BCUT2D eigenvalue weighted by molar-refractivity contribution is 6.07. The van der Waals surface area contributed by atoms with Gasteiger partial charge < -0.3 is 14.6 Å². The van der Waals surface area contributed by atoms with Crippen molar-refractivity contribution < 1.29 is 14.3 Å². The average molecular weight is 455 g/mol. The molecule has 0 bridgehead atoms. The van der Waals surface area contributed by atoms with Crippen LogP contribution in [0, 0.1) is 6.92 Å². The molecule has 0 saturated carbocycles. The largest absolute Gasteiger partial charge is 0.448 e. The third kappa shape index (κ3) is 4.35. The lowest BCUT2D eigenvalue weighted by atomic mass is 9.97. The van der Waals surface area contributed by atoms with E-state index in [0.717, 1.165) is 11.1 Å². The van der Waals surface area contributed by atoms with E-state index in [1.54, 1.807) is 32.2 Å². The maximum atomic E-state index is 13.5. The maximum Gasteiger partial charge on any atom is 0.356 e. The molecular weight excluding hydrogens is 428 g/mol. The van der Waals surface area contributed by atoms with Crippen LogP contribution in [0.1, 0.15) is 29.4 Å². The summed E-state index contributed by atoms with van der Waals surface area (Å²) in [5, 5.41) is 3.99. The van der Waals surface area contributed by atoms with Gasteiger partial charge in [0.15, 0.2) is 6.10 Å². The van der Waals surface area contributed by atoms with Crippen LogP contribution in [0.4, 0.5) is 5.69 Å². The molecule has 0 spiro atoms. The summed E-state index contributed by atoms with van der Waals surface area (Å²) in [6.07, 6.45) is -0.733. The molecule has 1 unspecified atom stereocenters. The lowest BCUT2D eigenvalue weighted by molar-refractivity contribution is -0.124. The van der Waals surface area contributed by atoms with Crippen molar-refractivity contribution in [1.82, 2.24) is 4.57 Å². The van der Waals surface area contributed by atoms with Crippen LogP contribution >= 0.6 is 0 Å². The SMILES string of the molecule is CCC(OC(=O)c1c(-c2ccccc2)c2ccccc2c(=O)n1C)C(=O)Nc1ccccc1C. The summed E-state index contributed by atoms with van der Waals surface area (Å²) >= 11 is 0. The number of para-hydroxylation sites is 1. The first-order valence-electron chi connectivity index (χ1n) is 11.2. The minimum atomic E-state index is -1.02. The van der Waals surface area contributed by atoms with Crippen LogP contribution in [0.2, 0.25) is 0 Å². The maximum absolute atomic E-state index is 13.5. The lowest BCUT2D eigenvalue weighted by Gasteiger charge is -2.20. The highest BCUT2D eigenvalue weighted by Gasteiger charge is 2.27. The summed E-state index contributed by atoms with van der Waals surface area (Å²) in [6, 6.07) is 24.0. The van der Waals surface area contributed by atoms with Crippen LogP contribution < -0.4 is 10.9 Å². The summed E-state index contributed by atoms with van der Waals surface area (Å²) in [5.74, 6) is -1.15. The van der Waals surface area contributed by atoms with E-state index < -0.39 is 18.0 Å². The Bertz CT molecular complexity index is 1420. The third-order valence-electron chi connectivity index (χ3n) is 5.87. The quantitative estimate of drug-likeness (QED) is 0.412. The molecule has 0 fully saturated rings. The molecule has 1 atom stereocenters. The Balaban J connectivity index is 1.76. The number of aromatic nitrogens is 1. The molecule has 4 rings (SSSR count). The molecule has 0 aliphatic carbocycles. The van der Waals surface area contributed by atoms with Crippen LogP contribution in [0.5, 0.6) is 0 Å². The molecule has 1 amide bonds. The van der Waals surface area contributed by atoms with Crippen molar-refractivity contribution in [2.75, 3.05) is 5.32 Å².